The molecule has 1 aromatic heterocycles. The molecule has 112 valence electrons. The van der Waals surface area contributed by atoms with Gasteiger partial charge in [0.1, 0.15) is 11.6 Å². The van der Waals surface area contributed by atoms with E-state index in [0.29, 0.717) is 5.41 Å². The molecule has 20 heavy (non-hydrogen) atoms. The van der Waals surface area contributed by atoms with E-state index in [1.54, 1.807) is 0 Å². The van der Waals surface area contributed by atoms with Gasteiger partial charge in [-0.3, -0.25) is 0 Å². The van der Waals surface area contributed by atoms with Crippen LogP contribution in [0.15, 0.2) is 12.3 Å². The van der Waals surface area contributed by atoms with Crippen molar-refractivity contribution in [2.75, 3.05) is 32.0 Å². The highest BCUT2D eigenvalue weighted by Crippen LogP contribution is 2.33. The Labute approximate surface area is 123 Å². The summed E-state index contributed by atoms with van der Waals surface area (Å²) < 4.78 is 0. The average molecular weight is 276 g/mol. The van der Waals surface area contributed by atoms with E-state index in [2.05, 4.69) is 34.0 Å². The molecule has 4 heteroatoms. The molecule has 0 spiro atoms. The highest BCUT2D eigenvalue weighted by Gasteiger charge is 2.30. The Morgan fingerprint density at radius 3 is 2.75 bits per heavy atom. The van der Waals surface area contributed by atoms with Gasteiger partial charge in [0.05, 0.1) is 0 Å². The second-order valence-corrected chi connectivity index (χ2v) is 6.29. The van der Waals surface area contributed by atoms with Crippen LogP contribution in [0.25, 0.3) is 0 Å². The molecule has 0 saturated carbocycles. The van der Waals surface area contributed by atoms with E-state index in [4.69, 9.17) is 0 Å². The van der Waals surface area contributed by atoms with Crippen LogP contribution in [0.4, 0.5) is 5.82 Å². The van der Waals surface area contributed by atoms with Gasteiger partial charge in [-0.2, -0.15) is 0 Å². The molecule has 4 nitrogen and oxygen atoms in total. The second kappa shape index (κ2) is 7.02. The lowest BCUT2D eigenvalue weighted by Crippen LogP contribution is -2.40. The van der Waals surface area contributed by atoms with Gasteiger partial charge in [0.2, 0.25) is 0 Å². The number of unbranched alkanes of at least 4 members (excludes halogenated alkanes) is 1. The number of likely N-dealkylation sites (tertiary alicyclic amines) is 1. The van der Waals surface area contributed by atoms with E-state index < -0.39 is 0 Å². The van der Waals surface area contributed by atoms with Crippen LogP contribution in [0.2, 0.25) is 0 Å². The van der Waals surface area contributed by atoms with Crippen molar-refractivity contribution in [2.45, 2.75) is 46.0 Å². The highest BCUT2D eigenvalue weighted by atomic mass is 15.1. The van der Waals surface area contributed by atoms with E-state index in [9.17, 15) is 0 Å². The molecule has 1 aliphatic heterocycles. The molecule has 0 unspecified atom stereocenters. The zero-order valence-electron chi connectivity index (χ0n) is 13.2. The summed E-state index contributed by atoms with van der Waals surface area (Å²) in [4.78, 5) is 11.6. The smallest absolute Gasteiger partial charge is 0.131 e. The lowest BCUT2D eigenvalue weighted by atomic mass is 9.77. The van der Waals surface area contributed by atoms with Gasteiger partial charge in [0.15, 0.2) is 0 Å². The van der Waals surface area contributed by atoms with E-state index in [0.717, 1.165) is 18.1 Å². The van der Waals surface area contributed by atoms with Crippen molar-refractivity contribution in [3.05, 3.63) is 18.1 Å². The quantitative estimate of drug-likeness (QED) is 0.867. The van der Waals surface area contributed by atoms with E-state index in [-0.39, 0.29) is 0 Å². The van der Waals surface area contributed by atoms with Crippen molar-refractivity contribution in [1.29, 1.82) is 0 Å². The number of rotatable bonds is 6. The van der Waals surface area contributed by atoms with Gasteiger partial charge in [-0.15, -0.1) is 0 Å². The van der Waals surface area contributed by atoms with Crippen molar-refractivity contribution in [1.82, 2.24) is 14.9 Å². The van der Waals surface area contributed by atoms with Crippen molar-refractivity contribution in [2.24, 2.45) is 5.41 Å². The summed E-state index contributed by atoms with van der Waals surface area (Å²) >= 11 is 0. The number of nitrogens with zero attached hydrogens (tertiary/aromatic N) is 3. The van der Waals surface area contributed by atoms with Gasteiger partial charge < -0.3 is 10.2 Å². The Balaban J connectivity index is 1.89. The normalized spacial score (nSPS) is 18.9. The molecule has 0 radical (unpaired) electrons. The fourth-order valence-corrected chi connectivity index (χ4v) is 2.88. The molecule has 0 aromatic carbocycles. The summed E-state index contributed by atoms with van der Waals surface area (Å²) in [7, 11) is 1.90. The molecule has 0 amide bonds. The predicted molar refractivity (Wildman–Crippen MR) is 84.0 cm³/mol. The maximum absolute atomic E-state index is 4.56. The first kappa shape index (κ1) is 15.2. The van der Waals surface area contributed by atoms with Crippen molar-refractivity contribution in [3.8, 4) is 0 Å². The number of aromatic nitrogens is 2. The Hall–Kier alpha value is -1.16. The number of anilines is 1. The summed E-state index contributed by atoms with van der Waals surface area (Å²) in [6, 6.07) is 1.92. The molecule has 0 bridgehead atoms. The van der Waals surface area contributed by atoms with E-state index in [1.807, 2.05) is 19.3 Å². The van der Waals surface area contributed by atoms with Crippen LogP contribution in [-0.2, 0) is 6.42 Å². The molecule has 2 heterocycles. The maximum atomic E-state index is 4.56. The van der Waals surface area contributed by atoms with Crippen LogP contribution < -0.4 is 5.32 Å². The average Bonchev–Trinajstić information content (AvgIpc) is 2.47. The third-order valence-corrected chi connectivity index (χ3v) is 4.44. The molecule has 1 N–H and O–H groups in total. The van der Waals surface area contributed by atoms with Crippen LogP contribution in [0.1, 0.15) is 45.4 Å². The minimum absolute atomic E-state index is 0.356. The largest absolute Gasteiger partial charge is 0.373 e. The first-order valence-corrected chi connectivity index (χ1v) is 7.87. The third kappa shape index (κ3) is 4.17. The molecule has 2 rings (SSSR count). The monoisotopic (exact) mass is 276 g/mol. The molecule has 0 aliphatic carbocycles. The highest BCUT2D eigenvalue weighted by molar-refractivity contribution is 5.31. The molecular weight excluding hydrogens is 248 g/mol. The second-order valence-electron chi connectivity index (χ2n) is 6.29. The molecule has 1 fully saturated rings. The number of hydrogen-bond donors (Lipinski definition) is 1. The zero-order chi connectivity index (χ0) is 14.4. The minimum Gasteiger partial charge on any atom is -0.373 e. The Kier molecular flexibility index (Phi) is 5.35. The third-order valence-electron chi connectivity index (χ3n) is 4.44. The first-order valence-electron chi connectivity index (χ1n) is 7.87. The number of nitrogens with one attached hydrogen (secondary N) is 1. The zero-order valence-corrected chi connectivity index (χ0v) is 13.2. The summed E-state index contributed by atoms with van der Waals surface area (Å²) in [5.41, 5.74) is 0.356. The topological polar surface area (TPSA) is 41.1 Å². The van der Waals surface area contributed by atoms with Crippen molar-refractivity contribution >= 4 is 5.82 Å². The first-order chi connectivity index (χ1) is 9.65. The van der Waals surface area contributed by atoms with Gasteiger partial charge in [0.25, 0.3) is 0 Å². The predicted octanol–water partition coefficient (Wildman–Crippen LogP) is 2.96. The minimum atomic E-state index is 0.356. The molecule has 1 aromatic rings. The van der Waals surface area contributed by atoms with Crippen LogP contribution in [-0.4, -0.2) is 41.5 Å². The van der Waals surface area contributed by atoms with E-state index in [1.165, 1.54) is 45.3 Å². The Bertz CT molecular complexity index is 411. The van der Waals surface area contributed by atoms with Crippen molar-refractivity contribution in [3.63, 3.8) is 0 Å². The number of piperidine rings is 1. The van der Waals surface area contributed by atoms with Gasteiger partial charge in [0, 0.05) is 19.7 Å². The fourth-order valence-electron chi connectivity index (χ4n) is 2.88. The summed E-state index contributed by atoms with van der Waals surface area (Å²) in [6.45, 7) is 8.36. The summed E-state index contributed by atoms with van der Waals surface area (Å²) in [6.07, 6.45) is 7.97. The standard InChI is InChI=1S/C16H28N4/c1-4-5-10-20-11-7-16(2,8-12-20)13-15-18-9-6-14(17-3)19-15/h6,9H,4-5,7-8,10-13H2,1-3H3,(H,17,18,19). The fraction of sp³-hybridized carbons (Fsp3) is 0.750. The van der Waals surface area contributed by atoms with Gasteiger partial charge >= 0.3 is 0 Å². The van der Waals surface area contributed by atoms with Gasteiger partial charge in [-0.25, -0.2) is 9.97 Å². The SMILES string of the molecule is CCCCN1CCC(C)(Cc2nccc(NC)n2)CC1. The van der Waals surface area contributed by atoms with E-state index >= 15 is 0 Å². The lowest BCUT2D eigenvalue weighted by Gasteiger charge is -2.39. The van der Waals surface area contributed by atoms with Gasteiger partial charge in [-0.1, -0.05) is 20.3 Å². The van der Waals surface area contributed by atoms with Crippen LogP contribution in [0.3, 0.4) is 0 Å². The Morgan fingerprint density at radius 1 is 1.35 bits per heavy atom. The Morgan fingerprint density at radius 2 is 2.10 bits per heavy atom. The lowest BCUT2D eigenvalue weighted by molar-refractivity contribution is 0.115. The molecule has 0 atom stereocenters. The number of hydrogen-bond acceptors (Lipinski definition) is 4. The summed E-state index contributed by atoms with van der Waals surface area (Å²) in [5.74, 6) is 1.89. The van der Waals surface area contributed by atoms with Crippen LogP contribution in [0.5, 0.6) is 0 Å². The van der Waals surface area contributed by atoms with Crippen LogP contribution >= 0.6 is 0 Å². The summed E-state index contributed by atoms with van der Waals surface area (Å²) in [5, 5.41) is 3.09. The molecular formula is C16H28N4. The molecule has 1 aliphatic rings. The maximum Gasteiger partial charge on any atom is 0.131 e. The molecule has 1 saturated heterocycles. The van der Waals surface area contributed by atoms with Crippen molar-refractivity contribution < 1.29 is 0 Å². The van der Waals surface area contributed by atoms with Gasteiger partial charge in [-0.05, 0) is 50.4 Å². The van der Waals surface area contributed by atoms with Crippen LogP contribution in [0, 0.1) is 5.41 Å².